The number of methoxy groups -OCH3 is 3. The van der Waals surface area contributed by atoms with Gasteiger partial charge in [-0.15, -0.1) is 0 Å². The van der Waals surface area contributed by atoms with E-state index in [-0.39, 0.29) is 39.9 Å². The topological polar surface area (TPSA) is 154 Å². The first kappa shape index (κ1) is 20.2. The summed E-state index contributed by atoms with van der Waals surface area (Å²) in [6.07, 6.45) is 4.56. The van der Waals surface area contributed by atoms with Crippen LogP contribution in [0.15, 0.2) is 56.5 Å². The van der Waals surface area contributed by atoms with Crippen LogP contribution in [0.1, 0.15) is 0 Å². The number of nitrogens with zero attached hydrogens (tertiary/aromatic N) is 5. The fourth-order valence-corrected chi connectivity index (χ4v) is 3.03. The molecule has 0 bridgehead atoms. The molecular weight excluding hydrogens is 394 g/mol. The zero-order chi connectivity index (χ0) is 22.0. The predicted molar refractivity (Wildman–Crippen MR) is 98.7 cm³/mol. The standard InChI is InChI=1S/C19H13N5O6/c1-28-16(25)10(8-21)14-9(7-20)11-5-4-6-12-13(17(26)29-2)15(18(27)30-3)23-19(22-14)24(11)12/h4-6,10H,1-3H3. The first-order valence-electron chi connectivity index (χ1n) is 8.32. The van der Waals surface area contributed by atoms with Crippen molar-refractivity contribution in [1.29, 1.82) is 10.5 Å². The van der Waals surface area contributed by atoms with Gasteiger partial charge in [0.15, 0.2) is 11.6 Å². The number of esters is 3. The molecule has 1 unspecified atom stereocenters. The Kier molecular flexibility index (Phi) is 5.29. The van der Waals surface area contributed by atoms with Gasteiger partial charge in [0.25, 0.3) is 0 Å². The van der Waals surface area contributed by atoms with E-state index in [4.69, 9.17) is 9.47 Å². The van der Waals surface area contributed by atoms with Crippen molar-refractivity contribution in [2.75, 3.05) is 21.3 Å². The highest BCUT2D eigenvalue weighted by Gasteiger charge is 2.42. The van der Waals surface area contributed by atoms with Gasteiger partial charge >= 0.3 is 17.9 Å². The summed E-state index contributed by atoms with van der Waals surface area (Å²) >= 11 is 0. The van der Waals surface area contributed by atoms with Gasteiger partial charge in [0.2, 0.25) is 5.96 Å². The summed E-state index contributed by atoms with van der Waals surface area (Å²) in [5, 5.41) is 19.2. The van der Waals surface area contributed by atoms with Crippen molar-refractivity contribution in [3.05, 3.63) is 46.5 Å². The van der Waals surface area contributed by atoms with Crippen molar-refractivity contribution in [1.82, 2.24) is 4.90 Å². The Morgan fingerprint density at radius 2 is 1.77 bits per heavy atom. The Morgan fingerprint density at radius 1 is 1.07 bits per heavy atom. The minimum Gasteiger partial charge on any atom is -0.468 e. The Hall–Kier alpha value is -4.51. The number of guanidine groups is 1. The van der Waals surface area contributed by atoms with E-state index in [0.29, 0.717) is 0 Å². The van der Waals surface area contributed by atoms with Crippen LogP contribution >= 0.6 is 0 Å². The van der Waals surface area contributed by atoms with Crippen LogP contribution in [0.25, 0.3) is 0 Å². The average molecular weight is 407 g/mol. The molecule has 150 valence electrons. The number of carbonyl (C=O) groups is 3. The number of hydrogen-bond donors (Lipinski definition) is 0. The van der Waals surface area contributed by atoms with Gasteiger partial charge in [-0.2, -0.15) is 10.5 Å². The van der Waals surface area contributed by atoms with Gasteiger partial charge in [0, 0.05) is 0 Å². The summed E-state index contributed by atoms with van der Waals surface area (Å²) in [5.74, 6) is -4.32. The summed E-state index contributed by atoms with van der Waals surface area (Å²) in [5.41, 5.74) is -0.436. The number of hydrogen-bond acceptors (Lipinski definition) is 11. The van der Waals surface area contributed by atoms with Gasteiger partial charge in [-0.25, -0.2) is 19.6 Å². The SMILES string of the molecule is COC(=O)C1=C(C(=O)OC)C2=CC=CC3=C(C#N)C(C(C#N)C(=O)OC)=NC(=N1)N23. The van der Waals surface area contributed by atoms with E-state index >= 15 is 0 Å². The molecule has 0 aromatic rings. The average Bonchev–Trinajstić information content (AvgIpc) is 2.78. The van der Waals surface area contributed by atoms with Gasteiger partial charge in [-0.05, 0) is 12.2 Å². The molecule has 0 aliphatic carbocycles. The molecule has 0 aromatic heterocycles. The number of allylic oxidation sites excluding steroid dienone is 4. The van der Waals surface area contributed by atoms with Crippen LogP contribution in [0.4, 0.5) is 0 Å². The molecule has 0 spiro atoms. The highest BCUT2D eigenvalue weighted by Crippen LogP contribution is 2.37. The molecular formula is C19H13N5O6. The molecule has 1 atom stereocenters. The molecule has 30 heavy (non-hydrogen) atoms. The highest BCUT2D eigenvalue weighted by molar-refractivity contribution is 6.22. The molecule has 0 amide bonds. The normalized spacial score (nSPS) is 17.5. The Balaban J connectivity index is 2.34. The zero-order valence-electron chi connectivity index (χ0n) is 16.0. The largest absolute Gasteiger partial charge is 0.468 e. The van der Waals surface area contributed by atoms with E-state index in [2.05, 4.69) is 14.7 Å². The quantitative estimate of drug-likeness (QED) is 0.471. The second-order valence-corrected chi connectivity index (χ2v) is 5.82. The minimum absolute atomic E-state index is 0.0847. The van der Waals surface area contributed by atoms with Crippen LogP contribution in [0.3, 0.4) is 0 Å². The molecule has 3 heterocycles. The first-order valence-corrected chi connectivity index (χ1v) is 8.32. The number of ether oxygens (including phenoxy) is 3. The van der Waals surface area contributed by atoms with Crippen molar-refractivity contribution in [2.45, 2.75) is 0 Å². The number of carbonyl (C=O) groups excluding carboxylic acids is 3. The maximum absolute atomic E-state index is 12.4. The molecule has 11 heteroatoms. The molecule has 0 saturated carbocycles. The summed E-state index contributed by atoms with van der Waals surface area (Å²) in [6.45, 7) is 0. The summed E-state index contributed by atoms with van der Waals surface area (Å²) in [4.78, 5) is 46.4. The molecule has 11 nitrogen and oxygen atoms in total. The van der Waals surface area contributed by atoms with Crippen LogP contribution in [-0.4, -0.2) is 55.8 Å². The fourth-order valence-electron chi connectivity index (χ4n) is 3.03. The maximum Gasteiger partial charge on any atom is 0.357 e. The molecule has 3 aliphatic heterocycles. The van der Waals surface area contributed by atoms with Crippen LogP contribution in [0.5, 0.6) is 0 Å². The smallest absolute Gasteiger partial charge is 0.357 e. The summed E-state index contributed by atoms with van der Waals surface area (Å²) in [6, 6.07) is 3.69. The van der Waals surface area contributed by atoms with E-state index in [0.717, 1.165) is 21.3 Å². The number of rotatable bonds is 4. The molecule has 0 aromatic carbocycles. The third-order valence-corrected chi connectivity index (χ3v) is 4.35. The third-order valence-electron chi connectivity index (χ3n) is 4.35. The van der Waals surface area contributed by atoms with Crippen molar-refractivity contribution in [3.63, 3.8) is 0 Å². The van der Waals surface area contributed by atoms with E-state index < -0.39 is 23.8 Å². The summed E-state index contributed by atoms with van der Waals surface area (Å²) in [7, 11) is 3.35. The lowest BCUT2D eigenvalue weighted by Crippen LogP contribution is -2.42. The van der Waals surface area contributed by atoms with E-state index in [1.165, 1.54) is 23.1 Å². The Bertz CT molecular complexity index is 1140. The molecule has 0 fully saturated rings. The van der Waals surface area contributed by atoms with E-state index in [1.54, 1.807) is 6.07 Å². The molecule has 0 radical (unpaired) electrons. The monoisotopic (exact) mass is 407 g/mol. The first-order chi connectivity index (χ1) is 14.4. The maximum atomic E-state index is 12.4. The lowest BCUT2D eigenvalue weighted by Gasteiger charge is -2.36. The fraction of sp³-hybridized carbons (Fsp3) is 0.211. The molecule has 0 N–H and O–H groups in total. The van der Waals surface area contributed by atoms with Crippen LogP contribution < -0.4 is 0 Å². The highest BCUT2D eigenvalue weighted by atomic mass is 16.5. The van der Waals surface area contributed by atoms with Gasteiger partial charge in [0.05, 0.1) is 50.1 Å². The van der Waals surface area contributed by atoms with Gasteiger partial charge in [-0.1, -0.05) is 6.08 Å². The van der Waals surface area contributed by atoms with E-state index in [9.17, 15) is 24.9 Å². The number of aliphatic imine (C=N–C) groups is 2. The predicted octanol–water partition coefficient (Wildman–Crippen LogP) is 0.257. The molecule has 0 saturated heterocycles. The molecule has 3 rings (SSSR count). The second-order valence-electron chi connectivity index (χ2n) is 5.82. The van der Waals surface area contributed by atoms with Crippen molar-refractivity contribution in [3.8, 4) is 12.1 Å². The Labute approximate surface area is 170 Å². The van der Waals surface area contributed by atoms with Crippen LogP contribution in [-0.2, 0) is 28.6 Å². The third kappa shape index (κ3) is 2.95. The second kappa shape index (κ2) is 7.85. The van der Waals surface area contributed by atoms with Crippen molar-refractivity contribution in [2.24, 2.45) is 15.9 Å². The van der Waals surface area contributed by atoms with Gasteiger partial charge in [0.1, 0.15) is 11.6 Å². The van der Waals surface area contributed by atoms with Crippen LogP contribution in [0, 0.1) is 28.6 Å². The minimum atomic E-state index is -1.50. The van der Waals surface area contributed by atoms with Gasteiger partial charge < -0.3 is 14.2 Å². The Morgan fingerprint density at radius 3 is 2.33 bits per heavy atom. The van der Waals surface area contributed by atoms with E-state index in [1.807, 2.05) is 6.07 Å². The molecule has 3 aliphatic rings. The van der Waals surface area contributed by atoms with Crippen molar-refractivity contribution < 1.29 is 28.6 Å². The van der Waals surface area contributed by atoms with Crippen molar-refractivity contribution >= 4 is 29.6 Å². The summed E-state index contributed by atoms with van der Waals surface area (Å²) < 4.78 is 14.1. The zero-order valence-corrected chi connectivity index (χ0v) is 16.0. The van der Waals surface area contributed by atoms with Crippen LogP contribution in [0.2, 0.25) is 0 Å². The number of nitriles is 2. The lowest BCUT2D eigenvalue weighted by atomic mass is 9.92. The lowest BCUT2D eigenvalue weighted by molar-refractivity contribution is -0.141. The van der Waals surface area contributed by atoms with Gasteiger partial charge in [-0.3, -0.25) is 9.69 Å².